The molecule has 88 valence electrons. The van der Waals surface area contributed by atoms with Crippen molar-refractivity contribution in [3.8, 4) is 0 Å². The summed E-state index contributed by atoms with van der Waals surface area (Å²) in [5.41, 5.74) is 4.40. The fraction of sp³-hybridized carbons (Fsp3) is 0.889. The third-order valence-electron chi connectivity index (χ3n) is 2.77. The van der Waals surface area contributed by atoms with Crippen molar-refractivity contribution in [2.45, 2.75) is 31.1 Å². The highest BCUT2D eigenvalue weighted by Crippen LogP contribution is 2.24. The first-order chi connectivity index (χ1) is 6.96. The zero-order valence-electron chi connectivity index (χ0n) is 8.77. The smallest absolute Gasteiger partial charge is 0.321 e. The van der Waals surface area contributed by atoms with Gasteiger partial charge in [0, 0.05) is 26.1 Å². The van der Waals surface area contributed by atoms with Gasteiger partial charge in [-0.2, -0.15) is 0 Å². The summed E-state index contributed by atoms with van der Waals surface area (Å²) in [5, 5.41) is 21.4. The second-order valence-electron chi connectivity index (χ2n) is 3.94. The lowest BCUT2D eigenvalue weighted by atomic mass is 9.97. The molecule has 1 saturated heterocycles. The van der Waals surface area contributed by atoms with Crippen molar-refractivity contribution in [2.75, 3.05) is 19.7 Å². The Morgan fingerprint density at radius 2 is 2.47 bits per heavy atom. The Hall–Kier alpha value is -0.690. The van der Waals surface area contributed by atoms with Gasteiger partial charge in [-0.3, -0.25) is 4.79 Å². The summed E-state index contributed by atoms with van der Waals surface area (Å²) in [6.07, 6.45) is 0.328. The van der Waals surface area contributed by atoms with Crippen LogP contribution >= 0.6 is 0 Å². The molecule has 0 radical (unpaired) electrons. The normalized spacial score (nSPS) is 32.9. The third kappa shape index (κ3) is 3.13. The van der Waals surface area contributed by atoms with E-state index in [4.69, 9.17) is 15.6 Å². The van der Waals surface area contributed by atoms with Crippen LogP contribution in [0.1, 0.15) is 13.3 Å². The molecule has 1 fully saturated rings. The van der Waals surface area contributed by atoms with E-state index >= 15 is 0 Å². The predicted molar refractivity (Wildman–Crippen MR) is 53.5 cm³/mol. The van der Waals surface area contributed by atoms with Crippen molar-refractivity contribution in [3.05, 3.63) is 0 Å². The number of ether oxygens (including phenoxy) is 1. The zero-order chi connectivity index (χ0) is 11.5. The minimum absolute atomic E-state index is 0.143. The number of aliphatic hydroxyl groups is 1. The second kappa shape index (κ2) is 4.89. The van der Waals surface area contributed by atoms with E-state index in [1.54, 1.807) is 6.92 Å². The fourth-order valence-corrected chi connectivity index (χ4v) is 1.53. The molecule has 0 amide bonds. The summed E-state index contributed by atoms with van der Waals surface area (Å²) in [6, 6.07) is -0.939. The van der Waals surface area contributed by atoms with Crippen LogP contribution in [0.2, 0.25) is 0 Å². The summed E-state index contributed by atoms with van der Waals surface area (Å²) in [5.74, 6) is -1.05. The van der Waals surface area contributed by atoms with Crippen molar-refractivity contribution >= 4 is 5.97 Å². The number of nitrogens with two attached hydrogens (primary N) is 1. The Labute approximate surface area is 88.4 Å². The maximum absolute atomic E-state index is 10.4. The zero-order valence-corrected chi connectivity index (χ0v) is 8.77. The number of carboxylic acid groups (broad SMARTS) is 1. The monoisotopic (exact) mass is 218 g/mol. The number of carbonyl (C=O) groups is 1. The Morgan fingerprint density at radius 1 is 1.80 bits per heavy atom. The molecule has 0 saturated carbocycles. The number of carboxylic acids is 1. The van der Waals surface area contributed by atoms with Crippen LogP contribution in [0.3, 0.4) is 0 Å². The molecule has 0 aromatic carbocycles. The van der Waals surface area contributed by atoms with Crippen LogP contribution in [0, 0.1) is 0 Å². The van der Waals surface area contributed by atoms with Gasteiger partial charge < -0.3 is 26.0 Å². The lowest BCUT2D eigenvalue weighted by molar-refractivity contribution is -0.138. The molecule has 6 nitrogen and oxygen atoms in total. The molecule has 15 heavy (non-hydrogen) atoms. The van der Waals surface area contributed by atoms with E-state index in [9.17, 15) is 9.90 Å². The Balaban J connectivity index is 2.28. The maximum Gasteiger partial charge on any atom is 0.321 e. The molecule has 1 aliphatic heterocycles. The fourth-order valence-electron chi connectivity index (χ4n) is 1.53. The quantitative estimate of drug-likeness (QED) is 0.449. The van der Waals surface area contributed by atoms with Gasteiger partial charge in [-0.1, -0.05) is 0 Å². The van der Waals surface area contributed by atoms with Crippen LogP contribution in [-0.2, 0) is 9.53 Å². The van der Waals surface area contributed by atoms with Gasteiger partial charge in [0.2, 0.25) is 0 Å². The van der Waals surface area contributed by atoms with E-state index in [-0.39, 0.29) is 12.6 Å². The molecule has 0 aliphatic carbocycles. The van der Waals surface area contributed by atoms with Gasteiger partial charge in [0.25, 0.3) is 0 Å². The van der Waals surface area contributed by atoms with Gasteiger partial charge in [0.1, 0.15) is 11.6 Å². The largest absolute Gasteiger partial charge is 0.480 e. The molecule has 1 heterocycles. The van der Waals surface area contributed by atoms with E-state index < -0.39 is 17.6 Å². The van der Waals surface area contributed by atoms with Crippen LogP contribution in [0.4, 0.5) is 0 Å². The highest BCUT2D eigenvalue weighted by Gasteiger charge is 2.39. The van der Waals surface area contributed by atoms with E-state index in [1.807, 2.05) is 0 Å². The van der Waals surface area contributed by atoms with E-state index in [2.05, 4.69) is 5.32 Å². The van der Waals surface area contributed by atoms with E-state index in [1.165, 1.54) is 0 Å². The van der Waals surface area contributed by atoms with E-state index in [0.717, 1.165) is 0 Å². The number of rotatable bonds is 5. The van der Waals surface area contributed by atoms with Gasteiger partial charge in [-0.15, -0.1) is 0 Å². The first kappa shape index (κ1) is 12.4. The van der Waals surface area contributed by atoms with Gasteiger partial charge in [-0.25, -0.2) is 0 Å². The van der Waals surface area contributed by atoms with Crippen molar-refractivity contribution < 1.29 is 19.7 Å². The predicted octanol–water partition coefficient (Wildman–Crippen LogP) is -1.47. The highest BCUT2D eigenvalue weighted by atomic mass is 16.5. The van der Waals surface area contributed by atoms with Crippen LogP contribution < -0.4 is 11.1 Å². The average Bonchev–Trinajstić information content (AvgIpc) is 2.47. The number of nitrogens with one attached hydrogen (secondary N) is 1. The van der Waals surface area contributed by atoms with Gasteiger partial charge in [0.15, 0.2) is 0 Å². The minimum atomic E-state index is -1.05. The first-order valence-corrected chi connectivity index (χ1v) is 4.99. The molecule has 3 atom stereocenters. The SMILES string of the molecule is CC1OCCC1(O)CNCC(N)C(=O)O. The molecule has 1 rings (SSSR count). The molecular weight excluding hydrogens is 200 g/mol. The molecular formula is C9H18N2O4. The topological polar surface area (TPSA) is 105 Å². The summed E-state index contributed by atoms with van der Waals surface area (Å²) in [7, 11) is 0. The van der Waals surface area contributed by atoms with E-state index in [0.29, 0.717) is 19.6 Å². The number of hydrogen-bond acceptors (Lipinski definition) is 5. The lowest BCUT2D eigenvalue weighted by Crippen LogP contribution is -2.49. The van der Waals surface area contributed by atoms with Gasteiger partial charge in [0.05, 0.1) is 6.10 Å². The average molecular weight is 218 g/mol. The Kier molecular flexibility index (Phi) is 4.04. The Morgan fingerprint density at radius 3 is 2.93 bits per heavy atom. The van der Waals surface area contributed by atoms with Crippen LogP contribution in [0.25, 0.3) is 0 Å². The molecule has 5 N–H and O–H groups in total. The molecule has 1 aliphatic rings. The van der Waals surface area contributed by atoms with Crippen LogP contribution in [0.15, 0.2) is 0 Å². The third-order valence-corrected chi connectivity index (χ3v) is 2.77. The molecule has 6 heteroatoms. The summed E-state index contributed by atoms with van der Waals surface area (Å²) >= 11 is 0. The lowest BCUT2D eigenvalue weighted by Gasteiger charge is -2.26. The summed E-state index contributed by atoms with van der Waals surface area (Å²) in [4.78, 5) is 10.4. The maximum atomic E-state index is 10.4. The molecule has 3 unspecified atom stereocenters. The van der Waals surface area contributed by atoms with Crippen molar-refractivity contribution in [3.63, 3.8) is 0 Å². The summed E-state index contributed by atoms with van der Waals surface area (Å²) < 4.78 is 5.24. The molecule has 0 aromatic heterocycles. The standard InChI is InChI=1S/C9H18N2O4/c1-6-9(14,2-3-15-6)5-11-4-7(10)8(12)13/h6-7,11,14H,2-5,10H2,1H3,(H,12,13). The van der Waals surface area contributed by atoms with Crippen LogP contribution in [-0.4, -0.2) is 53.6 Å². The van der Waals surface area contributed by atoms with Crippen molar-refractivity contribution in [2.24, 2.45) is 5.73 Å². The first-order valence-electron chi connectivity index (χ1n) is 4.99. The Bertz CT molecular complexity index is 236. The van der Waals surface area contributed by atoms with Gasteiger partial charge >= 0.3 is 5.97 Å². The second-order valence-corrected chi connectivity index (χ2v) is 3.94. The minimum Gasteiger partial charge on any atom is -0.480 e. The van der Waals surface area contributed by atoms with Crippen molar-refractivity contribution in [1.29, 1.82) is 0 Å². The molecule has 0 spiro atoms. The summed E-state index contributed by atoms with van der Waals surface area (Å²) in [6.45, 7) is 2.77. The molecule has 0 aromatic rings. The molecule has 0 bridgehead atoms. The highest BCUT2D eigenvalue weighted by molar-refractivity contribution is 5.73. The van der Waals surface area contributed by atoms with Crippen LogP contribution in [0.5, 0.6) is 0 Å². The number of aliphatic carboxylic acids is 1. The van der Waals surface area contributed by atoms with Crippen molar-refractivity contribution in [1.82, 2.24) is 5.32 Å². The van der Waals surface area contributed by atoms with Gasteiger partial charge in [-0.05, 0) is 6.92 Å². The number of hydrogen-bond donors (Lipinski definition) is 4.